The Bertz CT molecular complexity index is 1040. The van der Waals surface area contributed by atoms with Gasteiger partial charge in [-0.3, -0.25) is 4.79 Å². The summed E-state index contributed by atoms with van der Waals surface area (Å²) in [6.45, 7) is 24.1. The van der Waals surface area contributed by atoms with E-state index < -0.39 is 0 Å². The van der Waals surface area contributed by atoms with Crippen LogP contribution in [0.5, 0.6) is 0 Å². The van der Waals surface area contributed by atoms with Gasteiger partial charge in [0, 0.05) is 19.7 Å². The van der Waals surface area contributed by atoms with Crippen LogP contribution in [0.15, 0.2) is 11.6 Å². The van der Waals surface area contributed by atoms with Gasteiger partial charge in [-0.1, -0.05) is 67.0 Å². The van der Waals surface area contributed by atoms with Crippen LogP contribution in [-0.2, 0) is 14.3 Å². The highest BCUT2D eigenvalue weighted by molar-refractivity contribution is 5.84. The highest BCUT2D eigenvalue weighted by Crippen LogP contribution is 2.76. The van der Waals surface area contributed by atoms with Gasteiger partial charge in [-0.15, -0.1) is 0 Å². The van der Waals surface area contributed by atoms with Crippen molar-refractivity contribution in [3.63, 3.8) is 0 Å². The molecule has 5 fully saturated rings. The van der Waals surface area contributed by atoms with E-state index in [0.717, 1.165) is 39.0 Å². The number of nitrogens with zero attached hydrogens (tertiary/aromatic N) is 1. The van der Waals surface area contributed by atoms with E-state index in [1.54, 1.807) is 5.57 Å². The second-order valence-corrected chi connectivity index (χ2v) is 16.9. The van der Waals surface area contributed by atoms with Crippen molar-refractivity contribution in [2.45, 2.75) is 126 Å². The molecule has 6 aliphatic rings. The number of morpholine rings is 1. The minimum atomic E-state index is -0.213. The van der Waals surface area contributed by atoms with Crippen LogP contribution in [0.3, 0.4) is 0 Å². The molecule has 4 nitrogen and oxygen atoms in total. The van der Waals surface area contributed by atoms with E-state index in [1.165, 1.54) is 44.9 Å². The van der Waals surface area contributed by atoms with Crippen molar-refractivity contribution in [3.05, 3.63) is 11.6 Å². The Morgan fingerprint density at radius 3 is 2.39 bits per heavy atom. The third-order valence-corrected chi connectivity index (χ3v) is 15.2. The van der Waals surface area contributed by atoms with Crippen molar-refractivity contribution in [1.29, 1.82) is 0 Å². The van der Waals surface area contributed by atoms with Crippen molar-refractivity contribution in [2.75, 3.05) is 32.9 Å². The molecule has 41 heavy (non-hydrogen) atoms. The molecule has 232 valence electrons. The molecule has 1 saturated heterocycles. The minimum Gasteiger partial charge on any atom is -0.378 e. The van der Waals surface area contributed by atoms with Gasteiger partial charge < -0.3 is 14.4 Å². The minimum absolute atomic E-state index is 0.175. The first-order valence-corrected chi connectivity index (χ1v) is 17.6. The maximum atomic E-state index is 14.6. The molecular formula is C37H61NO3. The Kier molecular flexibility index (Phi) is 7.62. The summed E-state index contributed by atoms with van der Waals surface area (Å²) in [5.74, 6) is 3.48. The van der Waals surface area contributed by atoms with Crippen LogP contribution in [0.1, 0.15) is 120 Å². The SMILES string of the molecule is CCCO[C@H]1CC[C@]2(C)[C@H]3CC=C4C5[C@@H](C)[C@H](C)CC[C@]5(C(=O)N5CCOCC5)CC[C@@]4(C)[C@]3(C)CC[C@H]2C1(C)C. The zero-order chi connectivity index (χ0) is 29.4. The molecule has 5 aliphatic carbocycles. The molecule has 4 saturated carbocycles. The predicted octanol–water partition coefficient (Wildman–Crippen LogP) is 8.30. The quantitative estimate of drug-likeness (QED) is 0.321. The van der Waals surface area contributed by atoms with Crippen LogP contribution in [0.2, 0.25) is 0 Å². The Morgan fingerprint density at radius 2 is 1.68 bits per heavy atom. The summed E-state index contributed by atoms with van der Waals surface area (Å²) in [7, 11) is 0. The molecule has 0 N–H and O–H groups in total. The number of hydrogen-bond donors (Lipinski definition) is 0. The lowest BCUT2D eigenvalue weighted by atomic mass is 9.33. The lowest BCUT2D eigenvalue weighted by Crippen LogP contribution is -2.66. The van der Waals surface area contributed by atoms with Crippen LogP contribution in [0.25, 0.3) is 0 Å². The molecule has 0 aromatic heterocycles. The van der Waals surface area contributed by atoms with Gasteiger partial charge in [0.05, 0.1) is 24.7 Å². The molecule has 1 aliphatic heterocycles. The molecule has 0 aromatic carbocycles. The Morgan fingerprint density at radius 1 is 0.951 bits per heavy atom. The Labute approximate surface area is 251 Å². The second-order valence-electron chi connectivity index (χ2n) is 16.9. The molecule has 0 aromatic rings. The van der Waals surface area contributed by atoms with Gasteiger partial charge in [0.25, 0.3) is 0 Å². The van der Waals surface area contributed by atoms with E-state index in [0.29, 0.717) is 60.2 Å². The van der Waals surface area contributed by atoms with Crippen LogP contribution < -0.4 is 0 Å². The Balaban J connectivity index is 1.37. The zero-order valence-electron chi connectivity index (χ0n) is 27.8. The topological polar surface area (TPSA) is 38.8 Å². The average Bonchev–Trinajstić information content (AvgIpc) is 2.95. The van der Waals surface area contributed by atoms with Gasteiger partial charge >= 0.3 is 0 Å². The fourth-order valence-corrected chi connectivity index (χ4v) is 12.5. The number of hydrogen-bond acceptors (Lipinski definition) is 3. The lowest BCUT2D eigenvalue weighted by molar-refractivity contribution is -0.213. The van der Waals surface area contributed by atoms with Crippen LogP contribution in [-0.4, -0.2) is 49.8 Å². The molecule has 1 heterocycles. The molecule has 0 radical (unpaired) electrons. The van der Waals surface area contributed by atoms with Gasteiger partial charge in [-0.2, -0.15) is 0 Å². The molecule has 1 unspecified atom stereocenters. The van der Waals surface area contributed by atoms with E-state index >= 15 is 0 Å². The zero-order valence-corrected chi connectivity index (χ0v) is 27.8. The highest BCUT2D eigenvalue weighted by Gasteiger charge is 2.69. The van der Waals surface area contributed by atoms with Crippen molar-refractivity contribution < 1.29 is 14.3 Å². The summed E-state index contributed by atoms with van der Waals surface area (Å²) in [6, 6.07) is 0. The molecule has 0 bridgehead atoms. The number of fused-ring (bicyclic) bond motifs is 7. The first-order chi connectivity index (χ1) is 19.4. The van der Waals surface area contributed by atoms with Crippen LogP contribution in [0, 0.1) is 56.7 Å². The standard InChI is InChI=1S/C37H61NO3/c1-9-22-41-30-14-15-34(6)28(33(30,4)5)13-16-36(8)29(34)11-10-27-31-26(3)25(2)12-17-37(31,19-18-35(27,36)7)32(39)38-20-23-40-24-21-38/h10,25-26,28-31H,9,11-24H2,1-8H3/t25-,26+,28+,29-,30+,31?,34+,35-,36-,37+/m1/s1. The predicted molar refractivity (Wildman–Crippen MR) is 166 cm³/mol. The van der Waals surface area contributed by atoms with Gasteiger partial charge in [-0.05, 0) is 115 Å². The summed E-state index contributed by atoms with van der Waals surface area (Å²) in [4.78, 5) is 16.7. The second kappa shape index (κ2) is 10.4. The third-order valence-electron chi connectivity index (χ3n) is 15.2. The molecule has 6 rings (SSSR count). The maximum Gasteiger partial charge on any atom is 0.229 e. The monoisotopic (exact) mass is 567 g/mol. The van der Waals surface area contributed by atoms with Crippen LogP contribution >= 0.6 is 0 Å². The molecule has 1 amide bonds. The average molecular weight is 568 g/mol. The largest absolute Gasteiger partial charge is 0.378 e. The molecular weight excluding hydrogens is 506 g/mol. The van der Waals surface area contributed by atoms with Gasteiger partial charge in [0.15, 0.2) is 0 Å². The molecule has 10 atom stereocenters. The number of carbonyl (C=O) groups is 1. The van der Waals surface area contributed by atoms with Crippen molar-refractivity contribution >= 4 is 5.91 Å². The van der Waals surface area contributed by atoms with E-state index in [9.17, 15) is 4.79 Å². The van der Waals surface area contributed by atoms with Crippen LogP contribution in [0.4, 0.5) is 0 Å². The lowest BCUT2D eigenvalue weighted by Gasteiger charge is -2.71. The normalized spacial score (nSPS) is 49.2. The summed E-state index contributed by atoms with van der Waals surface area (Å²) < 4.78 is 12.2. The van der Waals surface area contributed by atoms with Crippen molar-refractivity contribution in [3.8, 4) is 0 Å². The molecule has 0 spiro atoms. The smallest absolute Gasteiger partial charge is 0.229 e. The number of allylic oxidation sites excluding steroid dienone is 2. The Hall–Kier alpha value is -0.870. The first kappa shape index (κ1) is 30.2. The summed E-state index contributed by atoms with van der Waals surface area (Å²) in [6.07, 6.45) is 15.1. The van der Waals surface area contributed by atoms with Crippen molar-refractivity contribution in [1.82, 2.24) is 4.90 Å². The summed E-state index contributed by atoms with van der Waals surface area (Å²) >= 11 is 0. The number of rotatable bonds is 4. The van der Waals surface area contributed by atoms with E-state index in [4.69, 9.17) is 9.47 Å². The summed E-state index contributed by atoms with van der Waals surface area (Å²) in [5.41, 5.74) is 2.50. The van der Waals surface area contributed by atoms with Gasteiger partial charge in [-0.25, -0.2) is 0 Å². The van der Waals surface area contributed by atoms with Crippen molar-refractivity contribution in [2.24, 2.45) is 56.7 Å². The highest BCUT2D eigenvalue weighted by atomic mass is 16.5. The number of ether oxygens (including phenoxy) is 2. The molecule has 4 heteroatoms. The van der Waals surface area contributed by atoms with Gasteiger partial charge in [0.2, 0.25) is 5.91 Å². The fraction of sp³-hybridized carbons (Fsp3) is 0.919. The third kappa shape index (κ3) is 4.14. The number of carbonyl (C=O) groups excluding carboxylic acids is 1. The van der Waals surface area contributed by atoms with E-state index in [1.807, 2.05) is 0 Å². The first-order valence-electron chi connectivity index (χ1n) is 17.6. The fourth-order valence-electron chi connectivity index (χ4n) is 12.5. The van der Waals surface area contributed by atoms with E-state index in [2.05, 4.69) is 66.4 Å². The maximum absolute atomic E-state index is 14.6. The van der Waals surface area contributed by atoms with Gasteiger partial charge in [0.1, 0.15) is 0 Å². The van der Waals surface area contributed by atoms with E-state index in [-0.39, 0.29) is 21.7 Å². The number of amides is 1. The summed E-state index contributed by atoms with van der Waals surface area (Å²) in [5, 5.41) is 0.